The minimum atomic E-state index is -0.175. The molecule has 0 aromatic carbocycles. The summed E-state index contributed by atoms with van der Waals surface area (Å²) in [4.78, 5) is 17.2. The van der Waals surface area contributed by atoms with Crippen LogP contribution in [-0.4, -0.2) is 31.9 Å². The lowest BCUT2D eigenvalue weighted by Crippen LogP contribution is -2.31. The van der Waals surface area contributed by atoms with Crippen LogP contribution in [0.2, 0.25) is 0 Å². The second-order valence-corrected chi connectivity index (χ2v) is 7.65. The molecule has 26 heavy (non-hydrogen) atoms. The van der Waals surface area contributed by atoms with Crippen molar-refractivity contribution in [1.82, 2.24) is 25.3 Å². The lowest BCUT2D eigenvalue weighted by atomic mass is 9.92. The Morgan fingerprint density at radius 2 is 2.04 bits per heavy atom. The van der Waals surface area contributed by atoms with Crippen molar-refractivity contribution in [3.05, 3.63) is 41.5 Å². The normalized spacial score (nSPS) is 24.2. The summed E-state index contributed by atoms with van der Waals surface area (Å²) in [5.74, 6) is 0.285. The van der Waals surface area contributed by atoms with E-state index in [1.165, 1.54) is 0 Å². The minimum Gasteiger partial charge on any atom is -0.342 e. The van der Waals surface area contributed by atoms with Crippen molar-refractivity contribution in [3.8, 4) is 0 Å². The largest absolute Gasteiger partial charge is 0.342 e. The highest BCUT2D eigenvalue weighted by Crippen LogP contribution is 2.41. The Labute approximate surface area is 153 Å². The first-order valence-corrected chi connectivity index (χ1v) is 9.51. The summed E-state index contributed by atoms with van der Waals surface area (Å²) in [5.41, 5.74) is 8.40. The van der Waals surface area contributed by atoms with Crippen molar-refractivity contribution < 1.29 is 4.79 Å². The van der Waals surface area contributed by atoms with Crippen LogP contribution in [0.4, 0.5) is 0 Å². The molecule has 3 N–H and O–H groups in total. The Bertz CT molecular complexity index is 776. The third kappa shape index (κ3) is 3.62. The van der Waals surface area contributed by atoms with Gasteiger partial charge in [0.05, 0.1) is 24.0 Å². The van der Waals surface area contributed by atoms with Gasteiger partial charge in [0.25, 0.3) is 5.91 Å². The number of nitrogens with two attached hydrogens (primary N) is 1. The third-order valence-corrected chi connectivity index (χ3v) is 5.58. The molecule has 0 bridgehead atoms. The molecule has 7 heteroatoms. The number of aryl methyl sites for hydroxylation is 1. The second-order valence-electron chi connectivity index (χ2n) is 7.65. The monoisotopic (exact) mass is 354 g/mol. The molecule has 2 saturated carbocycles. The number of carbonyl (C=O) groups is 1. The van der Waals surface area contributed by atoms with Crippen LogP contribution in [0, 0.1) is 12.8 Å². The van der Waals surface area contributed by atoms with Gasteiger partial charge >= 0.3 is 0 Å². The summed E-state index contributed by atoms with van der Waals surface area (Å²) in [7, 11) is 0. The molecule has 138 valence electrons. The molecule has 0 unspecified atom stereocenters. The third-order valence-electron chi connectivity index (χ3n) is 5.58. The number of rotatable bonds is 5. The zero-order valence-corrected chi connectivity index (χ0v) is 15.1. The average molecular weight is 354 g/mol. The number of hydrogen-bond donors (Lipinski definition) is 2. The van der Waals surface area contributed by atoms with E-state index >= 15 is 0 Å². The number of hydrogen-bond acceptors (Lipinski definition) is 5. The van der Waals surface area contributed by atoms with Crippen LogP contribution in [0.1, 0.15) is 72.4 Å². The molecule has 2 heterocycles. The standard InChI is InChI=1S/C19H26N6O/c1-12-3-2-10-21-17(12)18(13-4-5-13)22-19(26)16-11-25(24-23-16)15-8-6-14(20)7-9-15/h2-3,10-11,13-15,18H,4-9,20H2,1H3,(H,22,26)/t14?,15?,18-/m0/s1. The maximum absolute atomic E-state index is 12.7. The van der Waals surface area contributed by atoms with Gasteiger partial charge < -0.3 is 11.1 Å². The molecule has 2 aliphatic rings. The molecule has 0 spiro atoms. The SMILES string of the molecule is Cc1cccnc1[C@@H](NC(=O)c1cn(C2CCC(N)CC2)nn1)C1CC1. The van der Waals surface area contributed by atoms with Crippen LogP contribution >= 0.6 is 0 Å². The molecule has 0 saturated heterocycles. The summed E-state index contributed by atoms with van der Waals surface area (Å²) in [6, 6.07) is 4.49. The van der Waals surface area contributed by atoms with Crippen LogP contribution in [0.3, 0.4) is 0 Å². The molecule has 0 aliphatic heterocycles. The van der Waals surface area contributed by atoms with Gasteiger partial charge in [-0.25, -0.2) is 4.68 Å². The molecule has 2 aliphatic carbocycles. The first-order chi connectivity index (χ1) is 12.6. The Hall–Kier alpha value is -2.28. The van der Waals surface area contributed by atoms with Crippen LogP contribution in [0.5, 0.6) is 0 Å². The van der Waals surface area contributed by atoms with Crippen LogP contribution in [-0.2, 0) is 0 Å². The highest BCUT2D eigenvalue weighted by Gasteiger charge is 2.35. The lowest BCUT2D eigenvalue weighted by molar-refractivity contribution is 0.0925. The predicted octanol–water partition coefficient (Wildman–Crippen LogP) is 2.31. The maximum Gasteiger partial charge on any atom is 0.274 e. The minimum absolute atomic E-state index is 0.0541. The number of aromatic nitrogens is 4. The summed E-state index contributed by atoms with van der Waals surface area (Å²) in [6.07, 6.45) is 9.77. The molecule has 2 aromatic heterocycles. The molecule has 4 rings (SSSR count). The lowest BCUT2D eigenvalue weighted by Gasteiger charge is -2.25. The van der Waals surface area contributed by atoms with E-state index in [0.717, 1.165) is 49.8 Å². The highest BCUT2D eigenvalue weighted by atomic mass is 16.2. The number of pyridine rings is 1. The topological polar surface area (TPSA) is 98.7 Å². The van der Waals surface area contributed by atoms with E-state index in [2.05, 4.69) is 20.6 Å². The van der Waals surface area contributed by atoms with Crippen molar-refractivity contribution in [2.24, 2.45) is 11.7 Å². The van der Waals surface area contributed by atoms with Crippen molar-refractivity contribution in [3.63, 3.8) is 0 Å². The Morgan fingerprint density at radius 3 is 2.73 bits per heavy atom. The van der Waals surface area contributed by atoms with Gasteiger partial charge in [-0.05, 0) is 63.0 Å². The van der Waals surface area contributed by atoms with Crippen LogP contribution in [0.15, 0.2) is 24.5 Å². The van der Waals surface area contributed by atoms with Gasteiger partial charge in [0.15, 0.2) is 5.69 Å². The van der Waals surface area contributed by atoms with E-state index in [-0.39, 0.29) is 11.9 Å². The molecule has 7 nitrogen and oxygen atoms in total. The fourth-order valence-corrected chi connectivity index (χ4v) is 3.80. The number of amides is 1. The van der Waals surface area contributed by atoms with Gasteiger partial charge in [-0.1, -0.05) is 11.3 Å². The van der Waals surface area contributed by atoms with E-state index < -0.39 is 0 Å². The van der Waals surface area contributed by atoms with E-state index in [9.17, 15) is 4.79 Å². The van der Waals surface area contributed by atoms with E-state index in [1.807, 2.05) is 23.7 Å². The van der Waals surface area contributed by atoms with E-state index in [1.54, 1.807) is 12.4 Å². The van der Waals surface area contributed by atoms with E-state index in [0.29, 0.717) is 23.7 Å². The fraction of sp³-hybridized carbons (Fsp3) is 0.579. The Morgan fingerprint density at radius 1 is 1.27 bits per heavy atom. The Kier molecular flexibility index (Phi) is 4.72. The van der Waals surface area contributed by atoms with Gasteiger partial charge in [-0.3, -0.25) is 9.78 Å². The van der Waals surface area contributed by atoms with Crippen molar-refractivity contribution in [1.29, 1.82) is 0 Å². The molecule has 1 atom stereocenters. The van der Waals surface area contributed by atoms with E-state index in [4.69, 9.17) is 5.73 Å². The summed E-state index contributed by atoms with van der Waals surface area (Å²) < 4.78 is 1.83. The van der Waals surface area contributed by atoms with Gasteiger partial charge in [0.2, 0.25) is 0 Å². The first-order valence-electron chi connectivity index (χ1n) is 9.51. The first kappa shape index (κ1) is 17.1. The fourth-order valence-electron chi connectivity index (χ4n) is 3.80. The van der Waals surface area contributed by atoms with Crippen LogP contribution in [0.25, 0.3) is 0 Å². The van der Waals surface area contributed by atoms with Crippen molar-refractivity contribution >= 4 is 5.91 Å². The average Bonchev–Trinajstić information content (AvgIpc) is 3.37. The molecular formula is C19H26N6O. The van der Waals surface area contributed by atoms with Gasteiger partial charge in [0.1, 0.15) is 0 Å². The molecular weight excluding hydrogens is 328 g/mol. The predicted molar refractivity (Wildman–Crippen MR) is 97.4 cm³/mol. The Balaban J connectivity index is 1.46. The maximum atomic E-state index is 12.7. The van der Waals surface area contributed by atoms with Crippen LogP contribution < -0.4 is 11.1 Å². The summed E-state index contributed by atoms with van der Waals surface area (Å²) in [6.45, 7) is 2.04. The van der Waals surface area contributed by atoms with Gasteiger partial charge in [-0.15, -0.1) is 5.10 Å². The number of carbonyl (C=O) groups excluding carboxylic acids is 1. The highest BCUT2D eigenvalue weighted by molar-refractivity contribution is 5.92. The molecule has 2 fully saturated rings. The second kappa shape index (κ2) is 7.15. The zero-order valence-electron chi connectivity index (χ0n) is 15.1. The molecule has 1 amide bonds. The quantitative estimate of drug-likeness (QED) is 0.858. The van der Waals surface area contributed by atoms with Gasteiger partial charge in [-0.2, -0.15) is 0 Å². The molecule has 0 radical (unpaired) electrons. The number of nitrogens with one attached hydrogen (secondary N) is 1. The number of nitrogens with zero attached hydrogens (tertiary/aromatic N) is 4. The van der Waals surface area contributed by atoms with Crippen molar-refractivity contribution in [2.45, 2.75) is 63.6 Å². The molecule has 2 aromatic rings. The smallest absolute Gasteiger partial charge is 0.274 e. The zero-order chi connectivity index (χ0) is 18.1. The summed E-state index contributed by atoms with van der Waals surface area (Å²) >= 11 is 0. The summed E-state index contributed by atoms with van der Waals surface area (Å²) in [5, 5.41) is 11.4. The van der Waals surface area contributed by atoms with Gasteiger partial charge in [0, 0.05) is 12.2 Å². The van der Waals surface area contributed by atoms with Crippen molar-refractivity contribution in [2.75, 3.05) is 0 Å².